The van der Waals surface area contributed by atoms with Gasteiger partial charge in [0.05, 0.1) is 0 Å². The Hall–Kier alpha value is -0.410. The van der Waals surface area contributed by atoms with Gasteiger partial charge in [0.25, 0.3) is 0 Å². The van der Waals surface area contributed by atoms with E-state index in [1.807, 2.05) is 0 Å². The van der Waals surface area contributed by atoms with Crippen LogP contribution in [0.15, 0.2) is 0 Å². The van der Waals surface area contributed by atoms with Gasteiger partial charge in [-0.1, -0.05) is 0 Å². The standard InChI is InChI=1S/C7H15NO2/c1-6(9)4-5-8-7(2,3)10/h8,10H,4-5H2,1-3H3. The smallest absolute Gasteiger partial charge is 0.131 e. The molecule has 10 heavy (non-hydrogen) atoms. The first-order valence-corrected chi connectivity index (χ1v) is 3.38. The highest BCUT2D eigenvalue weighted by molar-refractivity contribution is 5.75. The van der Waals surface area contributed by atoms with Crippen LogP contribution in [0.25, 0.3) is 0 Å². The number of aliphatic hydroxyl groups is 1. The molecule has 0 bridgehead atoms. The van der Waals surface area contributed by atoms with Crippen molar-refractivity contribution >= 4 is 5.78 Å². The molecule has 2 N–H and O–H groups in total. The number of rotatable bonds is 4. The lowest BCUT2D eigenvalue weighted by Crippen LogP contribution is -2.39. The summed E-state index contributed by atoms with van der Waals surface area (Å²) in [6, 6.07) is 0. The number of nitrogens with one attached hydrogen (secondary N) is 1. The second kappa shape index (κ2) is 3.68. The van der Waals surface area contributed by atoms with E-state index in [0.717, 1.165) is 0 Å². The lowest BCUT2D eigenvalue weighted by atomic mass is 10.2. The summed E-state index contributed by atoms with van der Waals surface area (Å²) in [4.78, 5) is 10.4. The van der Waals surface area contributed by atoms with Crippen molar-refractivity contribution in [1.29, 1.82) is 0 Å². The Morgan fingerprint density at radius 3 is 2.40 bits per heavy atom. The number of hydrogen-bond acceptors (Lipinski definition) is 3. The molecule has 60 valence electrons. The third-order valence-corrected chi connectivity index (χ3v) is 1.03. The van der Waals surface area contributed by atoms with Crippen LogP contribution in [-0.2, 0) is 4.79 Å². The fourth-order valence-electron chi connectivity index (χ4n) is 0.544. The number of carbonyl (C=O) groups is 1. The van der Waals surface area contributed by atoms with E-state index in [9.17, 15) is 4.79 Å². The van der Waals surface area contributed by atoms with E-state index in [1.165, 1.54) is 6.92 Å². The molecule has 0 aromatic carbocycles. The Kier molecular flexibility index (Phi) is 3.53. The molecule has 0 atom stereocenters. The highest BCUT2D eigenvalue weighted by atomic mass is 16.3. The van der Waals surface area contributed by atoms with E-state index in [-0.39, 0.29) is 5.78 Å². The van der Waals surface area contributed by atoms with E-state index in [0.29, 0.717) is 13.0 Å². The van der Waals surface area contributed by atoms with Gasteiger partial charge in [-0.15, -0.1) is 0 Å². The van der Waals surface area contributed by atoms with Gasteiger partial charge in [0.1, 0.15) is 11.5 Å². The second-order valence-corrected chi connectivity index (χ2v) is 2.94. The molecule has 3 nitrogen and oxygen atoms in total. The molecular formula is C7H15NO2. The molecule has 0 unspecified atom stereocenters. The van der Waals surface area contributed by atoms with Gasteiger partial charge in [-0.2, -0.15) is 0 Å². The molecule has 0 aromatic rings. The van der Waals surface area contributed by atoms with Crippen LogP contribution in [0.5, 0.6) is 0 Å². The van der Waals surface area contributed by atoms with Crippen LogP contribution in [0.4, 0.5) is 0 Å². The van der Waals surface area contributed by atoms with Gasteiger partial charge in [0, 0.05) is 13.0 Å². The van der Waals surface area contributed by atoms with Gasteiger partial charge in [0.15, 0.2) is 0 Å². The first-order chi connectivity index (χ1) is 4.42. The molecule has 0 aliphatic heterocycles. The van der Waals surface area contributed by atoms with E-state index in [2.05, 4.69) is 5.32 Å². The second-order valence-electron chi connectivity index (χ2n) is 2.94. The monoisotopic (exact) mass is 145 g/mol. The topological polar surface area (TPSA) is 49.3 Å². The van der Waals surface area contributed by atoms with Crippen molar-refractivity contribution in [2.45, 2.75) is 32.9 Å². The molecule has 0 amide bonds. The van der Waals surface area contributed by atoms with E-state index >= 15 is 0 Å². The van der Waals surface area contributed by atoms with Crippen molar-refractivity contribution < 1.29 is 9.90 Å². The SMILES string of the molecule is CC(=O)CCNC(C)(C)O. The molecule has 0 spiro atoms. The summed E-state index contributed by atoms with van der Waals surface area (Å²) in [5.74, 6) is 0.136. The van der Waals surface area contributed by atoms with Crippen molar-refractivity contribution in [3.63, 3.8) is 0 Å². The van der Waals surface area contributed by atoms with Crippen molar-refractivity contribution in [3.8, 4) is 0 Å². The predicted octanol–water partition coefficient (Wildman–Crippen LogP) is 0.283. The molecular weight excluding hydrogens is 130 g/mol. The number of hydrogen-bond donors (Lipinski definition) is 2. The van der Waals surface area contributed by atoms with Crippen LogP contribution in [0.3, 0.4) is 0 Å². The summed E-state index contributed by atoms with van der Waals surface area (Å²) in [6.45, 7) is 5.37. The minimum atomic E-state index is -0.866. The zero-order valence-corrected chi connectivity index (χ0v) is 6.77. The molecule has 0 aromatic heterocycles. The highest BCUT2D eigenvalue weighted by Gasteiger charge is 2.09. The summed E-state index contributed by atoms with van der Waals surface area (Å²) in [5, 5.41) is 11.9. The first-order valence-electron chi connectivity index (χ1n) is 3.38. The zero-order chi connectivity index (χ0) is 8.20. The Morgan fingerprint density at radius 2 is 2.10 bits per heavy atom. The lowest BCUT2D eigenvalue weighted by Gasteiger charge is -2.18. The molecule has 3 heteroatoms. The van der Waals surface area contributed by atoms with Crippen molar-refractivity contribution in [2.24, 2.45) is 0 Å². The summed E-state index contributed by atoms with van der Waals surface area (Å²) < 4.78 is 0. The fourth-order valence-corrected chi connectivity index (χ4v) is 0.544. The number of ketones is 1. The maximum absolute atomic E-state index is 10.4. The minimum absolute atomic E-state index is 0.136. The molecule has 0 rings (SSSR count). The predicted molar refractivity (Wildman–Crippen MR) is 39.6 cm³/mol. The normalized spacial score (nSPS) is 11.6. The molecule has 0 radical (unpaired) electrons. The Balaban J connectivity index is 3.29. The summed E-state index contributed by atoms with van der Waals surface area (Å²) >= 11 is 0. The third-order valence-electron chi connectivity index (χ3n) is 1.03. The largest absolute Gasteiger partial charge is 0.376 e. The van der Waals surface area contributed by atoms with Crippen LogP contribution in [0.1, 0.15) is 27.2 Å². The molecule has 0 fully saturated rings. The van der Waals surface area contributed by atoms with Gasteiger partial charge in [-0.3, -0.25) is 10.1 Å². The van der Waals surface area contributed by atoms with Crippen LogP contribution >= 0.6 is 0 Å². The van der Waals surface area contributed by atoms with Crippen LogP contribution in [0.2, 0.25) is 0 Å². The molecule has 0 saturated heterocycles. The van der Waals surface area contributed by atoms with Gasteiger partial charge in [-0.05, 0) is 20.8 Å². The number of carbonyl (C=O) groups excluding carboxylic acids is 1. The minimum Gasteiger partial charge on any atom is -0.376 e. The summed E-state index contributed by atoms with van der Waals surface area (Å²) in [7, 11) is 0. The van der Waals surface area contributed by atoms with Gasteiger partial charge in [0.2, 0.25) is 0 Å². The third kappa shape index (κ3) is 7.59. The van der Waals surface area contributed by atoms with Crippen molar-refractivity contribution in [1.82, 2.24) is 5.32 Å². The highest BCUT2D eigenvalue weighted by Crippen LogP contribution is 1.93. The molecule has 0 aliphatic carbocycles. The first kappa shape index (κ1) is 9.59. The van der Waals surface area contributed by atoms with Crippen LogP contribution in [-0.4, -0.2) is 23.2 Å². The lowest BCUT2D eigenvalue weighted by molar-refractivity contribution is -0.117. The van der Waals surface area contributed by atoms with E-state index < -0.39 is 5.72 Å². The van der Waals surface area contributed by atoms with E-state index in [1.54, 1.807) is 13.8 Å². The quantitative estimate of drug-likeness (QED) is 0.559. The fraction of sp³-hybridized carbons (Fsp3) is 0.857. The maximum Gasteiger partial charge on any atom is 0.131 e. The Morgan fingerprint density at radius 1 is 1.60 bits per heavy atom. The zero-order valence-electron chi connectivity index (χ0n) is 6.77. The maximum atomic E-state index is 10.4. The molecule has 0 heterocycles. The molecule has 0 saturated carbocycles. The summed E-state index contributed by atoms with van der Waals surface area (Å²) in [5.41, 5.74) is -0.866. The van der Waals surface area contributed by atoms with Crippen LogP contribution < -0.4 is 5.32 Å². The van der Waals surface area contributed by atoms with Gasteiger partial charge in [-0.25, -0.2) is 0 Å². The number of Topliss-reactive ketones (excluding diaryl/α,β-unsaturated/α-hetero) is 1. The Labute approximate surface area is 61.4 Å². The molecule has 0 aliphatic rings. The summed E-state index contributed by atoms with van der Waals surface area (Å²) in [6.07, 6.45) is 0.476. The van der Waals surface area contributed by atoms with Gasteiger partial charge >= 0.3 is 0 Å². The van der Waals surface area contributed by atoms with Crippen LogP contribution in [0, 0.1) is 0 Å². The van der Waals surface area contributed by atoms with Crippen molar-refractivity contribution in [3.05, 3.63) is 0 Å². The Bertz CT molecular complexity index is 115. The van der Waals surface area contributed by atoms with Gasteiger partial charge < -0.3 is 5.11 Å². The average molecular weight is 145 g/mol. The van der Waals surface area contributed by atoms with E-state index in [4.69, 9.17) is 5.11 Å². The average Bonchev–Trinajstić information content (AvgIpc) is 1.59. The van der Waals surface area contributed by atoms with Crippen molar-refractivity contribution in [2.75, 3.05) is 6.54 Å².